The van der Waals surface area contributed by atoms with Crippen molar-refractivity contribution >= 4 is 0 Å². The Morgan fingerprint density at radius 3 is 2.71 bits per heavy atom. The first-order valence-electron chi connectivity index (χ1n) is 5.61. The molecule has 0 unspecified atom stereocenters. The van der Waals surface area contributed by atoms with Crippen LogP contribution in [0.3, 0.4) is 0 Å². The highest BCUT2D eigenvalue weighted by Gasteiger charge is 2.29. The fourth-order valence-electron chi connectivity index (χ4n) is 2.19. The van der Waals surface area contributed by atoms with Crippen LogP contribution in [0.1, 0.15) is 27.2 Å². The molecular weight excluding hydrogens is 176 g/mol. The van der Waals surface area contributed by atoms with Crippen molar-refractivity contribution in [3.63, 3.8) is 0 Å². The van der Waals surface area contributed by atoms with Gasteiger partial charge in [0.1, 0.15) is 0 Å². The standard InChI is InChI=1S/C11H24N2O/c1-8-6-13(4)10(3)5-11(8)12-9(2)7-14/h8-12,14H,5-7H2,1-4H3/t8-,9-,10-,11-/m1/s1. The Labute approximate surface area is 87.5 Å². The van der Waals surface area contributed by atoms with Gasteiger partial charge in [-0.1, -0.05) is 6.92 Å². The lowest BCUT2D eigenvalue weighted by atomic mass is 9.89. The molecular formula is C11H24N2O. The summed E-state index contributed by atoms with van der Waals surface area (Å²) < 4.78 is 0. The van der Waals surface area contributed by atoms with Crippen molar-refractivity contribution in [1.82, 2.24) is 10.2 Å². The number of piperidine rings is 1. The second-order valence-electron chi connectivity index (χ2n) is 4.86. The molecule has 0 bridgehead atoms. The molecule has 0 amide bonds. The first-order valence-corrected chi connectivity index (χ1v) is 5.61. The average Bonchev–Trinajstić information content (AvgIpc) is 2.14. The average molecular weight is 200 g/mol. The Kier molecular flexibility index (Phi) is 4.35. The Morgan fingerprint density at radius 1 is 1.50 bits per heavy atom. The molecule has 0 aliphatic carbocycles. The largest absolute Gasteiger partial charge is 0.395 e. The molecule has 2 N–H and O–H groups in total. The monoisotopic (exact) mass is 200 g/mol. The smallest absolute Gasteiger partial charge is 0.0582 e. The molecule has 84 valence electrons. The van der Waals surface area contributed by atoms with Gasteiger partial charge < -0.3 is 15.3 Å². The highest BCUT2D eigenvalue weighted by atomic mass is 16.3. The van der Waals surface area contributed by atoms with Gasteiger partial charge in [-0.25, -0.2) is 0 Å². The number of hydrogen-bond donors (Lipinski definition) is 2. The predicted octanol–water partition coefficient (Wildman–Crippen LogP) is 0.686. The summed E-state index contributed by atoms with van der Waals surface area (Å²) in [6.45, 7) is 7.97. The van der Waals surface area contributed by atoms with Crippen LogP contribution >= 0.6 is 0 Å². The van der Waals surface area contributed by atoms with Crippen molar-refractivity contribution in [1.29, 1.82) is 0 Å². The second-order valence-corrected chi connectivity index (χ2v) is 4.86. The lowest BCUT2D eigenvalue weighted by Crippen LogP contribution is -2.53. The minimum absolute atomic E-state index is 0.220. The van der Waals surface area contributed by atoms with Crippen LogP contribution in [0.25, 0.3) is 0 Å². The summed E-state index contributed by atoms with van der Waals surface area (Å²) in [5, 5.41) is 12.5. The van der Waals surface area contributed by atoms with Crippen LogP contribution in [-0.4, -0.2) is 48.3 Å². The molecule has 1 aliphatic heterocycles. The van der Waals surface area contributed by atoms with Crippen molar-refractivity contribution in [3.8, 4) is 0 Å². The van der Waals surface area contributed by atoms with Crippen molar-refractivity contribution in [2.45, 2.75) is 45.3 Å². The second kappa shape index (κ2) is 5.10. The summed E-state index contributed by atoms with van der Waals surface area (Å²) in [6.07, 6.45) is 1.18. The topological polar surface area (TPSA) is 35.5 Å². The fraction of sp³-hybridized carbons (Fsp3) is 1.00. The predicted molar refractivity (Wildman–Crippen MR) is 59.3 cm³/mol. The van der Waals surface area contributed by atoms with Gasteiger partial charge in [-0.05, 0) is 33.2 Å². The first kappa shape index (κ1) is 12.0. The van der Waals surface area contributed by atoms with E-state index < -0.39 is 0 Å². The van der Waals surface area contributed by atoms with Crippen LogP contribution in [0, 0.1) is 5.92 Å². The van der Waals surface area contributed by atoms with Crippen molar-refractivity contribution in [3.05, 3.63) is 0 Å². The van der Waals surface area contributed by atoms with Gasteiger partial charge in [0.05, 0.1) is 6.61 Å². The maximum atomic E-state index is 9.00. The van der Waals surface area contributed by atoms with Gasteiger partial charge >= 0.3 is 0 Å². The summed E-state index contributed by atoms with van der Waals surface area (Å²) in [5.74, 6) is 0.671. The minimum atomic E-state index is 0.220. The van der Waals surface area contributed by atoms with E-state index >= 15 is 0 Å². The van der Waals surface area contributed by atoms with Crippen LogP contribution in [-0.2, 0) is 0 Å². The number of aliphatic hydroxyl groups excluding tert-OH is 1. The normalized spacial score (nSPS) is 37.1. The number of likely N-dealkylation sites (tertiary alicyclic amines) is 1. The number of hydrogen-bond acceptors (Lipinski definition) is 3. The van der Waals surface area contributed by atoms with Gasteiger partial charge in [-0.3, -0.25) is 0 Å². The summed E-state index contributed by atoms with van der Waals surface area (Å²) in [6, 6.07) is 1.43. The Bertz CT molecular complexity index is 173. The lowest BCUT2D eigenvalue weighted by molar-refractivity contribution is 0.109. The SMILES string of the molecule is C[C@H](CO)N[C@@H]1C[C@@H](C)N(C)C[C@H]1C. The Hall–Kier alpha value is -0.120. The van der Waals surface area contributed by atoms with Gasteiger partial charge in [0.15, 0.2) is 0 Å². The lowest BCUT2D eigenvalue weighted by Gasteiger charge is -2.41. The van der Waals surface area contributed by atoms with Crippen molar-refractivity contribution < 1.29 is 5.11 Å². The van der Waals surface area contributed by atoms with Gasteiger partial charge in [-0.2, -0.15) is 0 Å². The maximum Gasteiger partial charge on any atom is 0.0582 e. The van der Waals surface area contributed by atoms with Crippen LogP contribution in [0.4, 0.5) is 0 Å². The molecule has 14 heavy (non-hydrogen) atoms. The third-order valence-corrected chi connectivity index (χ3v) is 3.38. The van der Waals surface area contributed by atoms with E-state index in [0.717, 1.165) is 6.54 Å². The molecule has 1 heterocycles. The van der Waals surface area contributed by atoms with E-state index in [1.807, 2.05) is 6.92 Å². The van der Waals surface area contributed by atoms with E-state index in [2.05, 4.69) is 31.1 Å². The highest BCUT2D eigenvalue weighted by Crippen LogP contribution is 2.20. The van der Waals surface area contributed by atoms with Gasteiger partial charge in [0.2, 0.25) is 0 Å². The van der Waals surface area contributed by atoms with Crippen LogP contribution < -0.4 is 5.32 Å². The van der Waals surface area contributed by atoms with Crippen molar-refractivity contribution in [2.75, 3.05) is 20.2 Å². The molecule has 0 aromatic rings. The maximum absolute atomic E-state index is 9.00. The summed E-state index contributed by atoms with van der Waals surface area (Å²) in [5.41, 5.74) is 0. The zero-order chi connectivity index (χ0) is 10.7. The fourth-order valence-corrected chi connectivity index (χ4v) is 2.19. The third kappa shape index (κ3) is 2.94. The first-order chi connectivity index (χ1) is 6.54. The number of nitrogens with one attached hydrogen (secondary N) is 1. The highest BCUT2D eigenvalue weighted by molar-refractivity contribution is 4.87. The molecule has 1 rings (SSSR count). The van der Waals surface area contributed by atoms with Crippen molar-refractivity contribution in [2.24, 2.45) is 5.92 Å². The number of rotatable bonds is 3. The summed E-state index contributed by atoms with van der Waals surface area (Å²) >= 11 is 0. The van der Waals surface area contributed by atoms with E-state index in [-0.39, 0.29) is 12.6 Å². The van der Waals surface area contributed by atoms with E-state index in [1.165, 1.54) is 6.42 Å². The molecule has 1 aliphatic rings. The quantitative estimate of drug-likeness (QED) is 0.703. The zero-order valence-corrected chi connectivity index (χ0v) is 9.83. The molecule has 3 nitrogen and oxygen atoms in total. The molecule has 0 aromatic carbocycles. The molecule has 4 atom stereocenters. The molecule has 0 radical (unpaired) electrons. The van der Waals surface area contributed by atoms with E-state index in [1.54, 1.807) is 0 Å². The van der Waals surface area contributed by atoms with E-state index in [9.17, 15) is 0 Å². The summed E-state index contributed by atoms with van der Waals surface area (Å²) in [7, 11) is 2.19. The van der Waals surface area contributed by atoms with Crippen LogP contribution in [0.5, 0.6) is 0 Å². The van der Waals surface area contributed by atoms with E-state index in [4.69, 9.17) is 5.11 Å². The number of aliphatic hydroxyl groups is 1. The van der Waals surface area contributed by atoms with Crippen LogP contribution in [0.15, 0.2) is 0 Å². The summed E-state index contributed by atoms with van der Waals surface area (Å²) in [4.78, 5) is 2.41. The molecule has 1 fully saturated rings. The van der Waals surface area contributed by atoms with Gasteiger partial charge in [0.25, 0.3) is 0 Å². The number of nitrogens with zero attached hydrogens (tertiary/aromatic N) is 1. The Morgan fingerprint density at radius 2 is 2.14 bits per heavy atom. The molecule has 0 aromatic heterocycles. The van der Waals surface area contributed by atoms with Gasteiger partial charge in [0, 0.05) is 24.7 Å². The minimum Gasteiger partial charge on any atom is -0.395 e. The Balaban J connectivity index is 2.44. The molecule has 3 heteroatoms. The molecule has 0 saturated carbocycles. The van der Waals surface area contributed by atoms with Gasteiger partial charge in [-0.15, -0.1) is 0 Å². The zero-order valence-electron chi connectivity index (χ0n) is 9.83. The molecule has 0 spiro atoms. The van der Waals surface area contributed by atoms with E-state index in [0.29, 0.717) is 18.0 Å². The third-order valence-electron chi connectivity index (χ3n) is 3.38. The van der Waals surface area contributed by atoms with Crippen LogP contribution in [0.2, 0.25) is 0 Å². The molecule has 1 saturated heterocycles.